The highest BCUT2D eigenvalue weighted by molar-refractivity contribution is 5.93. The zero-order chi connectivity index (χ0) is 18.4. The lowest BCUT2D eigenvalue weighted by Crippen LogP contribution is -2.41. The predicted octanol–water partition coefficient (Wildman–Crippen LogP) is 2.51. The van der Waals surface area contributed by atoms with Crippen LogP contribution in [-0.4, -0.2) is 42.2 Å². The molecule has 1 atom stereocenters. The average molecular weight is 355 g/mol. The monoisotopic (exact) mass is 355 g/mol. The van der Waals surface area contributed by atoms with E-state index in [4.69, 9.17) is 0 Å². The van der Waals surface area contributed by atoms with Gasteiger partial charge in [0, 0.05) is 36.9 Å². The topological polar surface area (TPSA) is 96.5 Å². The Morgan fingerprint density at radius 1 is 1.15 bits per heavy atom. The number of piperidine rings is 1. The van der Waals surface area contributed by atoms with E-state index in [1.165, 1.54) is 7.11 Å². The second-order valence-electron chi connectivity index (χ2n) is 6.03. The summed E-state index contributed by atoms with van der Waals surface area (Å²) in [6.07, 6.45) is 6.24. The fourth-order valence-corrected chi connectivity index (χ4v) is 2.90. The summed E-state index contributed by atoms with van der Waals surface area (Å²) < 4.78 is 4.54. The van der Waals surface area contributed by atoms with Crippen molar-refractivity contribution in [3.8, 4) is 0 Å². The molecule has 1 aliphatic rings. The molecule has 2 amide bonds. The molecular weight excluding hydrogens is 334 g/mol. The summed E-state index contributed by atoms with van der Waals surface area (Å²) >= 11 is 0. The van der Waals surface area contributed by atoms with Crippen molar-refractivity contribution in [1.29, 1.82) is 0 Å². The Kier molecular flexibility index (Phi) is 5.62. The van der Waals surface area contributed by atoms with Gasteiger partial charge in [0.2, 0.25) is 5.91 Å². The van der Waals surface area contributed by atoms with E-state index in [0.29, 0.717) is 17.9 Å². The number of methoxy groups -OCH3 is 1. The number of ether oxygens (including phenoxy) is 1. The third-order valence-electron chi connectivity index (χ3n) is 4.25. The van der Waals surface area contributed by atoms with Crippen molar-refractivity contribution >= 4 is 29.2 Å². The van der Waals surface area contributed by atoms with Gasteiger partial charge >= 0.3 is 6.09 Å². The number of carbonyl (C=O) groups is 2. The number of carbonyl (C=O) groups excluding carboxylic acids is 2. The molecule has 26 heavy (non-hydrogen) atoms. The number of nitrogens with zero attached hydrogens (tertiary/aromatic N) is 3. The summed E-state index contributed by atoms with van der Waals surface area (Å²) in [6, 6.07) is 6.90. The van der Waals surface area contributed by atoms with Gasteiger partial charge in [-0.2, -0.15) is 0 Å². The highest BCUT2D eigenvalue weighted by Gasteiger charge is 2.26. The molecule has 8 heteroatoms. The zero-order valence-electron chi connectivity index (χ0n) is 14.5. The van der Waals surface area contributed by atoms with E-state index >= 15 is 0 Å². The summed E-state index contributed by atoms with van der Waals surface area (Å²) in [5.41, 5.74) is 1.28. The Balaban J connectivity index is 1.58. The Bertz CT molecular complexity index is 751. The molecule has 2 N–H and O–H groups in total. The third-order valence-corrected chi connectivity index (χ3v) is 4.25. The van der Waals surface area contributed by atoms with Gasteiger partial charge in [-0.15, -0.1) is 0 Å². The van der Waals surface area contributed by atoms with E-state index in [1.54, 1.807) is 42.9 Å². The average Bonchev–Trinajstić information content (AvgIpc) is 2.70. The highest BCUT2D eigenvalue weighted by Crippen LogP contribution is 2.22. The van der Waals surface area contributed by atoms with Crippen LogP contribution in [0.5, 0.6) is 0 Å². The van der Waals surface area contributed by atoms with Crippen LogP contribution < -0.4 is 15.5 Å². The van der Waals surface area contributed by atoms with Crippen molar-refractivity contribution in [2.45, 2.75) is 12.8 Å². The zero-order valence-corrected chi connectivity index (χ0v) is 14.5. The molecule has 2 heterocycles. The summed E-state index contributed by atoms with van der Waals surface area (Å²) in [5.74, 6) is 0.661. The Morgan fingerprint density at radius 2 is 1.88 bits per heavy atom. The minimum absolute atomic E-state index is 0.0210. The first-order valence-corrected chi connectivity index (χ1v) is 8.42. The van der Waals surface area contributed by atoms with Crippen LogP contribution in [0, 0.1) is 5.92 Å². The minimum Gasteiger partial charge on any atom is -0.453 e. The standard InChI is InChI=1S/C18H21N5O3/c1-26-18(25)22-15-6-4-14(5-7-15)21-17(24)13-3-2-10-23(12-13)16-11-19-8-9-20-16/h4-9,11,13H,2-3,10,12H2,1H3,(H,21,24)(H,22,25). The smallest absolute Gasteiger partial charge is 0.411 e. The van der Waals surface area contributed by atoms with E-state index < -0.39 is 6.09 Å². The lowest BCUT2D eigenvalue weighted by Gasteiger charge is -2.32. The molecule has 1 unspecified atom stereocenters. The van der Waals surface area contributed by atoms with Crippen molar-refractivity contribution in [3.05, 3.63) is 42.9 Å². The SMILES string of the molecule is COC(=O)Nc1ccc(NC(=O)C2CCCN(c3cnccn3)C2)cc1. The molecule has 1 aliphatic heterocycles. The van der Waals surface area contributed by atoms with Crippen molar-refractivity contribution in [3.63, 3.8) is 0 Å². The Morgan fingerprint density at radius 3 is 2.54 bits per heavy atom. The molecule has 0 radical (unpaired) electrons. The van der Waals surface area contributed by atoms with Crippen LogP contribution in [0.15, 0.2) is 42.9 Å². The molecule has 1 saturated heterocycles. The first-order valence-electron chi connectivity index (χ1n) is 8.42. The van der Waals surface area contributed by atoms with Crippen LogP contribution in [0.1, 0.15) is 12.8 Å². The van der Waals surface area contributed by atoms with Crippen LogP contribution in [0.4, 0.5) is 22.0 Å². The molecule has 2 aromatic rings. The van der Waals surface area contributed by atoms with Gasteiger partial charge in [0.05, 0.1) is 19.2 Å². The first-order chi connectivity index (χ1) is 12.7. The summed E-state index contributed by atoms with van der Waals surface area (Å²) in [7, 11) is 1.30. The van der Waals surface area contributed by atoms with Gasteiger partial charge in [-0.1, -0.05) is 0 Å². The third kappa shape index (κ3) is 4.47. The normalized spacial score (nSPS) is 16.7. The molecule has 0 aliphatic carbocycles. The number of aromatic nitrogens is 2. The van der Waals surface area contributed by atoms with Crippen molar-refractivity contribution in [1.82, 2.24) is 9.97 Å². The summed E-state index contributed by atoms with van der Waals surface area (Å²) in [4.78, 5) is 34.3. The van der Waals surface area contributed by atoms with Gasteiger partial charge in [0.25, 0.3) is 0 Å². The summed E-state index contributed by atoms with van der Waals surface area (Å²) in [5, 5.41) is 5.50. The highest BCUT2D eigenvalue weighted by atomic mass is 16.5. The maximum Gasteiger partial charge on any atom is 0.411 e. The van der Waals surface area contributed by atoms with Gasteiger partial charge in [-0.05, 0) is 37.1 Å². The molecule has 1 aromatic carbocycles. The second kappa shape index (κ2) is 8.28. The molecule has 8 nitrogen and oxygen atoms in total. The van der Waals surface area contributed by atoms with Crippen LogP contribution in [-0.2, 0) is 9.53 Å². The van der Waals surface area contributed by atoms with Crippen LogP contribution in [0.3, 0.4) is 0 Å². The lowest BCUT2D eigenvalue weighted by molar-refractivity contribution is -0.120. The Hall–Kier alpha value is -3.16. The lowest BCUT2D eigenvalue weighted by atomic mass is 9.97. The predicted molar refractivity (Wildman–Crippen MR) is 98.1 cm³/mol. The van der Waals surface area contributed by atoms with Crippen molar-refractivity contribution < 1.29 is 14.3 Å². The van der Waals surface area contributed by atoms with E-state index in [0.717, 1.165) is 25.2 Å². The number of hydrogen-bond acceptors (Lipinski definition) is 6. The molecule has 1 fully saturated rings. The van der Waals surface area contributed by atoms with Gasteiger partial charge < -0.3 is 15.0 Å². The van der Waals surface area contributed by atoms with Crippen LogP contribution in [0.2, 0.25) is 0 Å². The molecule has 0 spiro atoms. The maximum absolute atomic E-state index is 12.6. The molecule has 3 rings (SSSR count). The fraction of sp³-hybridized carbons (Fsp3) is 0.333. The van der Waals surface area contributed by atoms with Gasteiger partial charge in [-0.3, -0.25) is 15.1 Å². The molecule has 0 bridgehead atoms. The minimum atomic E-state index is -0.534. The van der Waals surface area contributed by atoms with Crippen molar-refractivity contribution in [2.75, 3.05) is 35.7 Å². The van der Waals surface area contributed by atoms with Gasteiger partial charge in [-0.25, -0.2) is 9.78 Å². The number of anilines is 3. The molecular formula is C18H21N5O3. The molecule has 0 saturated carbocycles. The first kappa shape index (κ1) is 17.7. The number of benzene rings is 1. The maximum atomic E-state index is 12.6. The number of nitrogens with one attached hydrogen (secondary N) is 2. The Labute approximate surface area is 151 Å². The molecule has 136 valence electrons. The van der Waals surface area contributed by atoms with E-state index in [1.807, 2.05) is 0 Å². The number of rotatable bonds is 4. The van der Waals surface area contributed by atoms with E-state index in [-0.39, 0.29) is 11.8 Å². The van der Waals surface area contributed by atoms with Gasteiger partial charge in [0.1, 0.15) is 5.82 Å². The summed E-state index contributed by atoms with van der Waals surface area (Å²) in [6.45, 7) is 1.49. The number of amides is 2. The second-order valence-corrected chi connectivity index (χ2v) is 6.03. The number of hydrogen-bond donors (Lipinski definition) is 2. The van der Waals surface area contributed by atoms with Crippen molar-refractivity contribution in [2.24, 2.45) is 5.92 Å². The largest absolute Gasteiger partial charge is 0.453 e. The van der Waals surface area contributed by atoms with E-state index in [2.05, 4.69) is 30.2 Å². The van der Waals surface area contributed by atoms with Gasteiger partial charge in [0.15, 0.2) is 0 Å². The van der Waals surface area contributed by atoms with Crippen LogP contribution >= 0.6 is 0 Å². The molecule has 1 aromatic heterocycles. The quantitative estimate of drug-likeness (QED) is 0.875. The van der Waals surface area contributed by atoms with Crippen LogP contribution in [0.25, 0.3) is 0 Å². The van der Waals surface area contributed by atoms with E-state index in [9.17, 15) is 9.59 Å². The fourth-order valence-electron chi connectivity index (χ4n) is 2.90.